The lowest BCUT2D eigenvalue weighted by Gasteiger charge is -2.21. The smallest absolute Gasteiger partial charge is 0.303 e. The van der Waals surface area contributed by atoms with Gasteiger partial charge >= 0.3 is 5.97 Å². The highest BCUT2D eigenvalue weighted by Crippen LogP contribution is 2.20. The van der Waals surface area contributed by atoms with Gasteiger partial charge in [-0.25, -0.2) is 0 Å². The topological polar surface area (TPSA) is 80.5 Å². The Morgan fingerprint density at radius 3 is 2.26 bits per heavy atom. The SMILES string of the molecule is CC(C)(C)N=NOOC(C)(C)CCCCCC(=O)O. The summed E-state index contributed by atoms with van der Waals surface area (Å²) in [6, 6.07) is 0. The van der Waals surface area contributed by atoms with Crippen molar-refractivity contribution < 1.29 is 19.8 Å². The van der Waals surface area contributed by atoms with Crippen molar-refractivity contribution in [2.75, 3.05) is 0 Å². The van der Waals surface area contributed by atoms with Crippen LogP contribution in [-0.4, -0.2) is 22.2 Å². The van der Waals surface area contributed by atoms with Crippen LogP contribution in [0.1, 0.15) is 66.7 Å². The van der Waals surface area contributed by atoms with Crippen LogP contribution in [-0.2, 0) is 14.7 Å². The van der Waals surface area contributed by atoms with Crippen LogP contribution in [0.2, 0.25) is 0 Å². The van der Waals surface area contributed by atoms with Crippen LogP contribution in [0.5, 0.6) is 0 Å². The predicted octanol–water partition coefficient (Wildman–Crippen LogP) is 3.91. The molecular weight excluding hydrogens is 248 g/mol. The maximum Gasteiger partial charge on any atom is 0.303 e. The zero-order valence-corrected chi connectivity index (χ0v) is 12.6. The molecule has 6 nitrogen and oxygen atoms in total. The number of rotatable bonds is 9. The quantitative estimate of drug-likeness (QED) is 0.299. The maximum absolute atomic E-state index is 10.3. The lowest BCUT2D eigenvalue weighted by Crippen LogP contribution is -2.23. The van der Waals surface area contributed by atoms with Gasteiger partial charge in [-0.15, -0.1) is 5.11 Å². The van der Waals surface area contributed by atoms with E-state index in [1.54, 1.807) is 0 Å². The molecule has 112 valence electrons. The van der Waals surface area contributed by atoms with E-state index in [2.05, 4.69) is 10.4 Å². The van der Waals surface area contributed by atoms with Crippen molar-refractivity contribution in [3.63, 3.8) is 0 Å². The number of aliphatic carboxylic acids is 1. The highest BCUT2D eigenvalue weighted by molar-refractivity contribution is 5.66. The van der Waals surface area contributed by atoms with Gasteiger partial charge in [0.15, 0.2) is 0 Å². The Kier molecular flexibility index (Phi) is 7.59. The Hall–Kier alpha value is -1.17. The molecule has 0 rings (SSSR count). The van der Waals surface area contributed by atoms with Crippen LogP contribution in [0.4, 0.5) is 0 Å². The standard InChI is InChI=1S/C13H26N2O4/c1-12(2,3)14-15-19-18-13(4,5)10-8-6-7-9-11(16)17/h6-10H2,1-5H3,(H,16,17). The third-order valence-electron chi connectivity index (χ3n) is 2.31. The molecule has 0 heterocycles. The van der Waals surface area contributed by atoms with Crippen molar-refractivity contribution >= 4 is 5.97 Å². The summed E-state index contributed by atoms with van der Waals surface area (Å²) in [4.78, 5) is 20.3. The predicted molar refractivity (Wildman–Crippen MR) is 71.6 cm³/mol. The number of hydrogen-bond acceptors (Lipinski definition) is 5. The van der Waals surface area contributed by atoms with E-state index >= 15 is 0 Å². The highest BCUT2D eigenvalue weighted by atomic mass is 17.3. The van der Waals surface area contributed by atoms with E-state index in [1.165, 1.54) is 0 Å². The second-order valence-corrected chi connectivity index (χ2v) is 6.22. The third-order valence-corrected chi connectivity index (χ3v) is 2.31. The molecule has 0 fully saturated rings. The Morgan fingerprint density at radius 1 is 1.11 bits per heavy atom. The molecule has 0 bridgehead atoms. The van der Waals surface area contributed by atoms with Crippen LogP contribution in [0.15, 0.2) is 10.4 Å². The summed E-state index contributed by atoms with van der Waals surface area (Å²) in [7, 11) is 0. The summed E-state index contributed by atoms with van der Waals surface area (Å²) in [5.41, 5.74) is -0.746. The first-order valence-corrected chi connectivity index (χ1v) is 6.61. The molecule has 0 aliphatic heterocycles. The number of unbranched alkanes of at least 4 members (excludes halogenated alkanes) is 2. The average Bonchev–Trinajstić information content (AvgIpc) is 2.22. The van der Waals surface area contributed by atoms with Crippen molar-refractivity contribution in [2.24, 2.45) is 10.4 Å². The van der Waals surface area contributed by atoms with Gasteiger partial charge in [0.05, 0.1) is 10.8 Å². The zero-order chi connectivity index (χ0) is 14.9. The van der Waals surface area contributed by atoms with Crippen molar-refractivity contribution in [1.29, 1.82) is 0 Å². The second-order valence-electron chi connectivity index (χ2n) is 6.22. The number of hydrogen-bond donors (Lipinski definition) is 1. The van der Waals surface area contributed by atoms with Crippen LogP contribution >= 0.6 is 0 Å². The van der Waals surface area contributed by atoms with Crippen LogP contribution < -0.4 is 0 Å². The monoisotopic (exact) mass is 274 g/mol. The van der Waals surface area contributed by atoms with Gasteiger partial charge in [0.1, 0.15) is 5.60 Å². The molecule has 0 aliphatic rings. The van der Waals surface area contributed by atoms with Gasteiger partial charge in [0.2, 0.25) is 0 Å². The number of carboxylic acids is 1. The van der Waals surface area contributed by atoms with E-state index in [0.717, 1.165) is 19.3 Å². The van der Waals surface area contributed by atoms with Gasteiger partial charge in [-0.1, -0.05) is 12.8 Å². The minimum Gasteiger partial charge on any atom is -0.481 e. The minimum atomic E-state index is -0.749. The molecule has 6 heteroatoms. The first kappa shape index (κ1) is 17.8. The molecule has 0 aromatic heterocycles. The molecule has 0 aliphatic carbocycles. The molecule has 0 unspecified atom stereocenters. The first-order valence-electron chi connectivity index (χ1n) is 6.61. The molecule has 19 heavy (non-hydrogen) atoms. The first-order chi connectivity index (χ1) is 8.62. The molecule has 0 aromatic carbocycles. The number of nitrogens with zero attached hydrogens (tertiary/aromatic N) is 2. The van der Waals surface area contributed by atoms with Gasteiger partial charge in [-0.3, -0.25) is 4.79 Å². The van der Waals surface area contributed by atoms with E-state index in [4.69, 9.17) is 15.0 Å². The molecular formula is C13H26N2O4. The van der Waals surface area contributed by atoms with Crippen molar-refractivity contribution in [2.45, 2.75) is 77.9 Å². The van der Waals surface area contributed by atoms with Crippen LogP contribution in [0.3, 0.4) is 0 Å². The minimum absolute atomic E-state index is 0.220. The lowest BCUT2D eigenvalue weighted by molar-refractivity contribution is -0.362. The van der Waals surface area contributed by atoms with Gasteiger partial charge in [0.25, 0.3) is 0 Å². The fraction of sp³-hybridized carbons (Fsp3) is 0.923. The maximum atomic E-state index is 10.3. The molecule has 0 atom stereocenters. The van der Waals surface area contributed by atoms with Gasteiger partial charge in [0, 0.05) is 6.42 Å². The van der Waals surface area contributed by atoms with Crippen molar-refractivity contribution in [3.8, 4) is 0 Å². The third kappa shape index (κ3) is 13.1. The van der Waals surface area contributed by atoms with Crippen molar-refractivity contribution in [3.05, 3.63) is 0 Å². The van der Waals surface area contributed by atoms with Crippen molar-refractivity contribution in [1.82, 2.24) is 0 Å². The Bertz CT molecular complexity index is 296. The molecule has 0 saturated carbocycles. The molecule has 0 radical (unpaired) electrons. The second kappa shape index (κ2) is 8.09. The number of carbonyl (C=O) groups is 1. The van der Waals surface area contributed by atoms with Gasteiger partial charge < -0.3 is 5.11 Å². The van der Waals surface area contributed by atoms with Gasteiger partial charge in [-0.05, 0) is 47.5 Å². The molecule has 0 saturated heterocycles. The Labute approximate surface area is 115 Å². The summed E-state index contributed by atoms with van der Waals surface area (Å²) in [6.07, 6.45) is 3.44. The highest BCUT2D eigenvalue weighted by Gasteiger charge is 2.20. The van der Waals surface area contributed by atoms with E-state index < -0.39 is 11.6 Å². The average molecular weight is 274 g/mol. The summed E-state index contributed by atoms with van der Waals surface area (Å²) >= 11 is 0. The van der Waals surface area contributed by atoms with Gasteiger partial charge in [-0.2, -0.15) is 9.88 Å². The normalized spacial score (nSPS) is 12.9. The zero-order valence-electron chi connectivity index (χ0n) is 12.6. The van der Waals surface area contributed by atoms with E-state index in [0.29, 0.717) is 6.42 Å². The molecule has 0 amide bonds. The molecule has 0 aromatic rings. The summed E-state index contributed by atoms with van der Waals surface area (Å²) in [5.74, 6) is -0.749. The Balaban J connectivity index is 3.74. The lowest BCUT2D eigenvalue weighted by atomic mass is 10.0. The largest absolute Gasteiger partial charge is 0.481 e. The number of carboxylic acid groups (broad SMARTS) is 1. The van der Waals surface area contributed by atoms with E-state index in [-0.39, 0.29) is 12.0 Å². The summed E-state index contributed by atoms with van der Waals surface area (Å²) in [5, 5.41) is 15.9. The molecule has 1 N–H and O–H groups in total. The Morgan fingerprint density at radius 2 is 1.74 bits per heavy atom. The van der Waals surface area contributed by atoms with Crippen LogP contribution in [0, 0.1) is 0 Å². The van der Waals surface area contributed by atoms with E-state index in [1.807, 2.05) is 34.6 Å². The summed E-state index contributed by atoms with van der Waals surface area (Å²) < 4.78 is 0. The summed E-state index contributed by atoms with van der Waals surface area (Å²) in [6.45, 7) is 9.53. The fourth-order valence-electron chi connectivity index (χ4n) is 1.30. The fourth-order valence-corrected chi connectivity index (χ4v) is 1.30. The van der Waals surface area contributed by atoms with Crippen LogP contribution in [0.25, 0.3) is 0 Å². The molecule has 0 spiro atoms. The van der Waals surface area contributed by atoms with E-state index in [9.17, 15) is 4.79 Å².